The molecule has 2 heteroatoms. The lowest BCUT2D eigenvalue weighted by atomic mass is 10.4. The topological polar surface area (TPSA) is 0 Å². The van der Waals surface area contributed by atoms with Gasteiger partial charge in [-0.3, -0.25) is 0 Å². The van der Waals surface area contributed by atoms with Crippen molar-refractivity contribution in [2.75, 3.05) is 5.88 Å². The third-order valence-electron chi connectivity index (χ3n) is 1.16. The van der Waals surface area contributed by atoms with E-state index in [1.807, 2.05) is 0 Å². The van der Waals surface area contributed by atoms with Crippen molar-refractivity contribution in [3.05, 3.63) is 0 Å². The fourth-order valence-corrected chi connectivity index (χ4v) is 1.94. The molecule has 0 aromatic heterocycles. The zero-order valence-corrected chi connectivity index (χ0v) is 7.88. The van der Waals surface area contributed by atoms with Crippen molar-refractivity contribution in [1.29, 1.82) is 0 Å². The average molecular weight is 163 g/mol. The van der Waals surface area contributed by atoms with Gasteiger partial charge in [-0.1, -0.05) is 31.9 Å². The molecule has 0 spiro atoms. The van der Waals surface area contributed by atoms with Crippen LogP contribution in [0.3, 0.4) is 0 Å². The molecule has 0 amide bonds. The van der Waals surface area contributed by atoms with Gasteiger partial charge in [0.05, 0.1) is 0 Å². The molecular weight excluding hydrogens is 148 g/mol. The summed E-state index contributed by atoms with van der Waals surface area (Å²) < 4.78 is 0. The summed E-state index contributed by atoms with van der Waals surface area (Å²) >= 11 is 5.52. The van der Waals surface area contributed by atoms with Crippen molar-refractivity contribution in [2.45, 2.75) is 38.3 Å². The summed E-state index contributed by atoms with van der Waals surface area (Å²) in [5, 5.41) is 0. The highest BCUT2D eigenvalue weighted by atomic mass is 35.5. The minimum Gasteiger partial charge on any atom is -0.127 e. The quantitative estimate of drug-likeness (QED) is 0.320. The van der Waals surface area contributed by atoms with Crippen molar-refractivity contribution in [3.8, 4) is 0 Å². The van der Waals surface area contributed by atoms with Gasteiger partial charge in [-0.25, -0.2) is 0 Å². The summed E-state index contributed by atoms with van der Waals surface area (Å²) in [5.74, 6) is 0.844. The second-order valence-electron chi connectivity index (χ2n) is 2.15. The van der Waals surface area contributed by atoms with E-state index in [4.69, 9.17) is 11.6 Å². The molecule has 0 aliphatic rings. The summed E-state index contributed by atoms with van der Waals surface area (Å²) in [4.78, 5) is 0. The smallest absolute Gasteiger partial charge is 0.0377 e. The molecule has 0 nitrogen and oxygen atoms in total. The highest BCUT2D eigenvalue weighted by molar-refractivity contribution is 6.35. The predicted molar refractivity (Wildman–Crippen MR) is 45.6 cm³/mol. The summed E-state index contributed by atoms with van der Waals surface area (Å²) in [7, 11) is 1.18. The summed E-state index contributed by atoms with van der Waals surface area (Å²) in [6, 6.07) is 2.82. The number of halogens is 1. The van der Waals surface area contributed by atoms with Gasteiger partial charge in [0.1, 0.15) is 0 Å². The van der Waals surface area contributed by atoms with Crippen LogP contribution in [0.4, 0.5) is 0 Å². The first-order valence-electron chi connectivity index (χ1n) is 3.68. The number of unbranched alkanes of at least 4 members (excludes halogenated alkanes) is 1. The third-order valence-corrected chi connectivity index (χ3v) is 2.99. The summed E-state index contributed by atoms with van der Waals surface area (Å²) in [5.41, 5.74) is 0. The van der Waals surface area contributed by atoms with Gasteiger partial charge in [0, 0.05) is 15.4 Å². The van der Waals surface area contributed by atoms with Crippen molar-refractivity contribution < 1.29 is 0 Å². The second-order valence-corrected chi connectivity index (χ2v) is 4.02. The summed E-state index contributed by atoms with van der Waals surface area (Å²) in [6.45, 7) is 2.24. The number of alkyl halides is 1. The van der Waals surface area contributed by atoms with Crippen LogP contribution < -0.4 is 0 Å². The lowest BCUT2D eigenvalue weighted by Gasteiger charge is -1.94. The van der Waals surface area contributed by atoms with Crippen LogP contribution in [-0.4, -0.2) is 15.4 Å². The van der Waals surface area contributed by atoms with Gasteiger partial charge in [-0.05, 0) is 6.42 Å². The van der Waals surface area contributed by atoms with E-state index in [2.05, 4.69) is 6.92 Å². The fourth-order valence-electron chi connectivity index (χ4n) is 0.646. The Morgan fingerprint density at radius 2 is 2.00 bits per heavy atom. The largest absolute Gasteiger partial charge is 0.127 e. The van der Waals surface area contributed by atoms with Crippen LogP contribution in [0.5, 0.6) is 0 Å². The minimum atomic E-state index is 0.844. The second kappa shape index (κ2) is 8.51. The SMILES string of the molecule is CCC[Si]CCCCCl. The molecule has 0 aromatic rings. The van der Waals surface area contributed by atoms with E-state index >= 15 is 0 Å². The molecule has 2 radical (unpaired) electrons. The fraction of sp³-hybridized carbons (Fsp3) is 1.00. The molecule has 0 fully saturated rings. The van der Waals surface area contributed by atoms with Crippen LogP contribution in [-0.2, 0) is 0 Å². The Kier molecular flexibility index (Phi) is 8.99. The lowest BCUT2D eigenvalue weighted by Crippen LogP contribution is -1.87. The third kappa shape index (κ3) is 8.51. The number of hydrogen-bond acceptors (Lipinski definition) is 0. The Morgan fingerprint density at radius 1 is 1.22 bits per heavy atom. The average Bonchev–Trinajstić information content (AvgIpc) is 1.89. The Hall–Kier alpha value is 0.507. The van der Waals surface area contributed by atoms with E-state index in [0.717, 1.165) is 5.88 Å². The molecule has 0 aromatic carbocycles. The zero-order chi connectivity index (χ0) is 6.95. The molecule has 0 unspecified atom stereocenters. The zero-order valence-electron chi connectivity index (χ0n) is 6.12. The number of hydrogen-bond donors (Lipinski definition) is 0. The molecule has 0 aliphatic heterocycles. The molecule has 0 saturated heterocycles. The van der Waals surface area contributed by atoms with Gasteiger partial charge in [0.15, 0.2) is 0 Å². The molecule has 9 heavy (non-hydrogen) atoms. The maximum atomic E-state index is 5.52. The minimum absolute atomic E-state index is 0.844. The monoisotopic (exact) mass is 162 g/mol. The Bertz CT molecular complexity index is 42.2. The van der Waals surface area contributed by atoms with Gasteiger partial charge in [0.25, 0.3) is 0 Å². The van der Waals surface area contributed by atoms with Gasteiger partial charge < -0.3 is 0 Å². The maximum absolute atomic E-state index is 5.52. The molecule has 0 atom stereocenters. The summed E-state index contributed by atoms with van der Waals surface area (Å²) in [6.07, 6.45) is 3.89. The molecule has 0 bridgehead atoms. The van der Waals surface area contributed by atoms with Gasteiger partial charge in [-0.15, -0.1) is 11.6 Å². The van der Waals surface area contributed by atoms with Crippen LogP contribution >= 0.6 is 11.6 Å². The first kappa shape index (κ1) is 9.51. The molecule has 54 valence electrons. The van der Waals surface area contributed by atoms with Crippen LogP contribution in [0.2, 0.25) is 12.1 Å². The van der Waals surface area contributed by atoms with Crippen molar-refractivity contribution in [1.82, 2.24) is 0 Å². The highest BCUT2D eigenvalue weighted by Gasteiger charge is 1.87. The van der Waals surface area contributed by atoms with E-state index in [1.165, 1.54) is 40.9 Å². The van der Waals surface area contributed by atoms with Gasteiger partial charge >= 0.3 is 0 Å². The van der Waals surface area contributed by atoms with Gasteiger partial charge in [0.2, 0.25) is 0 Å². The molecular formula is C7H15ClSi. The standard InChI is InChI=1S/C7H15ClSi/c1-2-6-9-7-4-3-5-8/h2-7H2,1H3. The molecule has 0 rings (SSSR count). The van der Waals surface area contributed by atoms with E-state index in [0.29, 0.717) is 0 Å². The van der Waals surface area contributed by atoms with Crippen LogP contribution in [0, 0.1) is 0 Å². The Labute approximate surface area is 65.8 Å². The predicted octanol–water partition coefficient (Wildman–Crippen LogP) is 2.96. The van der Waals surface area contributed by atoms with E-state index in [9.17, 15) is 0 Å². The normalized spacial score (nSPS) is 10.0. The van der Waals surface area contributed by atoms with Crippen LogP contribution in [0.1, 0.15) is 26.2 Å². The Balaban J connectivity index is 2.60. The van der Waals surface area contributed by atoms with Crippen molar-refractivity contribution >= 4 is 21.1 Å². The van der Waals surface area contributed by atoms with E-state index in [1.54, 1.807) is 0 Å². The molecule has 0 aliphatic carbocycles. The van der Waals surface area contributed by atoms with Crippen molar-refractivity contribution in [3.63, 3.8) is 0 Å². The van der Waals surface area contributed by atoms with E-state index in [-0.39, 0.29) is 0 Å². The van der Waals surface area contributed by atoms with Gasteiger partial charge in [-0.2, -0.15) is 0 Å². The highest BCUT2D eigenvalue weighted by Crippen LogP contribution is 1.99. The number of rotatable bonds is 6. The van der Waals surface area contributed by atoms with Crippen molar-refractivity contribution in [2.24, 2.45) is 0 Å². The van der Waals surface area contributed by atoms with E-state index < -0.39 is 0 Å². The van der Waals surface area contributed by atoms with Crippen LogP contribution in [0.25, 0.3) is 0 Å². The van der Waals surface area contributed by atoms with Crippen LogP contribution in [0.15, 0.2) is 0 Å². The Morgan fingerprint density at radius 3 is 2.56 bits per heavy atom. The molecule has 0 saturated carbocycles. The lowest BCUT2D eigenvalue weighted by molar-refractivity contribution is 0.880. The first-order chi connectivity index (χ1) is 4.41. The molecule has 0 N–H and O–H groups in total. The first-order valence-corrected chi connectivity index (χ1v) is 5.63. The molecule has 0 heterocycles. The maximum Gasteiger partial charge on any atom is 0.0377 e.